The predicted molar refractivity (Wildman–Crippen MR) is 126 cm³/mol. The summed E-state index contributed by atoms with van der Waals surface area (Å²) in [6.07, 6.45) is 3.07. The molecule has 0 unspecified atom stereocenters. The van der Waals surface area contributed by atoms with Crippen molar-refractivity contribution in [2.45, 2.75) is 30.6 Å². The Morgan fingerprint density at radius 3 is 2.41 bits per heavy atom. The van der Waals surface area contributed by atoms with E-state index in [4.69, 9.17) is 16.3 Å². The third kappa shape index (κ3) is 5.56. The number of nitrogens with zero attached hydrogens (tertiary/aromatic N) is 2. The molecule has 0 atom stereocenters. The number of hydrogen-bond acceptors (Lipinski definition) is 6. The smallest absolute Gasteiger partial charge is 0.243 e. The lowest BCUT2D eigenvalue weighted by Crippen LogP contribution is -2.35. The Morgan fingerprint density at radius 1 is 1.03 bits per heavy atom. The zero-order valence-corrected chi connectivity index (χ0v) is 19.8. The van der Waals surface area contributed by atoms with Gasteiger partial charge in [0.25, 0.3) is 0 Å². The maximum absolute atomic E-state index is 12.8. The molecule has 1 saturated heterocycles. The van der Waals surface area contributed by atoms with Crippen LogP contribution in [0.2, 0.25) is 5.02 Å². The van der Waals surface area contributed by atoms with E-state index < -0.39 is 10.0 Å². The van der Waals surface area contributed by atoms with Crippen LogP contribution in [0.1, 0.15) is 24.3 Å². The minimum Gasteiger partial charge on any atom is -0.486 e. The summed E-state index contributed by atoms with van der Waals surface area (Å²) >= 11 is 7.24. The third-order valence-corrected chi connectivity index (χ3v) is 8.23. The minimum absolute atomic E-state index is 0.0421. The summed E-state index contributed by atoms with van der Waals surface area (Å²) < 4.78 is 32.6. The number of thiazole rings is 1. The van der Waals surface area contributed by atoms with Gasteiger partial charge >= 0.3 is 0 Å². The highest BCUT2D eigenvalue weighted by molar-refractivity contribution is 7.89. The standard InChI is InChI=1S/C23H23ClN2O4S2/c24-18-6-8-20(9-7-18)30-15-19(27)14-23-25-22(16-31-23)17-4-10-21(11-5-17)32(28,29)26-12-2-1-3-13-26/h4-11,16H,1-3,12-15H2. The summed E-state index contributed by atoms with van der Waals surface area (Å²) in [5.74, 6) is 0.506. The molecule has 0 amide bonds. The molecule has 2 heterocycles. The zero-order chi connectivity index (χ0) is 22.6. The second kappa shape index (κ2) is 10.1. The Labute approximate surface area is 196 Å². The number of carbonyl (C=O) groups is 1. The lowest BCUT2D eigenvalue weighted by atomic mass is 10.2. The van der Waals surface area contributed by atoms with Crippen molar-refractivity contribution in [2.75, 3.05) is 19.7 Å². The number of rotatable bonds is 8. The van der Waals surface area contributed by atoms with Gasteiger partial charge in [0.1, 0.15) is 17.4 Å². The fourth-order valence-corrected chi connectivity index (χ4v) is 5.97. The molecule has 0 bridgehead atoms. The number of halogens is 1. The fourth-order valence-electron chi connectivity index (χ4n) is 3.49. The first kappa shape index (κ1) is 22.9. The van der Waals surface area contributed by atoms with Crippen molar-refractivity contribution >= 4 is 38.7 Å². The van der Waals surface area contributed by atoms with E-state index in [1.807, 2.05) is 5.38 Å². The topological polar surface area (TPSA) is 76.6 Å². The molecule has 4 rings (SSSR count). The van der Waals surface area contributed by atoms with Crippen molar-refractivity contribution in [1.82, 2.24) is 9.29 Å². The van der Waals surface area contributed by atoms with Gasteiger partial charge < -0.3 is 4.74 Å². The Hall–Kier alpha value is -2.26. The van der Waals surface area contributed by atoms with E-state index >= 15 is 0 Å². The van der Waals surface area contributed by atoms with Gasteiger partial charge in [0.15, 0.2) is 5.78 Å². The molecule has 1 aromatic heterocycles. The van der Waals surface area contributed by atoms with Gasteiger partial charge in [-0.2, -0.15) is 4.31 Å². The van der Waals surface area contributed by atoms with Crippen LogP contribution in [0.25, 0.3) is 11.3 Å². The lowest BCUT2D eigenvalue weighted by Gasteiger charge is -2.25. The first-order valence-electron chi connectivity index (χ1n) is 10.4. The highest BCUT2D eigenvalue weighted by Gasteiger charge is 2.25. The van der Waals surface area contributed by atoms with Crippen LogP contribution in [-0.4, -0.2) is 43.2 Å². The number of carbonyl (C=O) groups excluding carboxylic acids is 1. The molecule has 1 fully saturated rings. The number of hydrogen-bond donors (Lipinski definition) is 0. The van der Waals surface area contributed by atoms with Crippen LogP contribution in [0, 0.1) is 0 Å². The molecule has 0 spiro atoms. The van der Waals surface area contributed by atoms with E-state index in [0.717, 1.165) is 30.5 Å². The summed E-state index contributed by atoms with van der Waals surface area (Å²) in [4.78, 5) is 17.1. The van der Waals surface area contributed by atoms with E-state index in [1.165, 1.54) is 11.3 Å². The fraction of sp³-hybridized carbons (Fsp3) is 0.304. The summed E-state index contributed by atoms with van der Waals surface area (Å²) in [5.41, 5.74) is 1.54. The summed E-state index contributed by atoms with van der Waals surface area (Å²) in [7, 11) is -3.45. The zero-order valence-electron chi connectivity index (χ0n) is 17.4. The minimum atomic E-state index is -3.45. The Kier molecular flexibility index (Phi) is 7.25. The highest BCUT2D eigenvalue weighted by Crippen LogP contribution is 2.26. The summed E-state index contributed by atoms with van der Waals surface area (Å²) in [5, 5.41) is 3.17. The molecule has 6 nitrogen and oxygen atoms in total. The molecule has 32 heavy (non-hydrogen) atoms. The molecular weight excluding hydrogens is 468 g/mol. The quantitative estimate of drug-likeness (QED) is 0.452. The summed E-state index contributed by atoms with van der Waals surface area (Å²) in [6, 6.07) is 13.6. The van der Waals surface area contributed by atoms with Crippen molar-refractivity contribution in [1.29, 1.82) is 0 Å². The van der Waals surface area contributed by atoms with Gasteiger partial charge in [-0.05, 0) is 49.2 Å². The molecular formula is C23H23ClN2O4S2. The van der Waals surface area contributed by atoms with Gasteiger partial charge in [0.05, 0.1) is 17.0 Å². The first-order valence-corrected chi connectivity index (χ1v) is 13.1. The molecule has 0 aliphatic carbocycles. The van der Waals surface area contributed by atoms with Gasteiger partial charge in [-0.15, -0.1) is 11.3 Å². The average Bonchev–Trinajstić information content (AvgIpc) is 3.28. The van der Waals surface area contributed by atoms with E-state index in [-0.39, 0.29) is 18.8 Å². The van der Waals surface area contributed by atoms with Gasteiger partial charge in [-0.3, -0.25) is 4.79 Å². The molecule has 0 N–H and O–H groups in total. The van der Waals surface area contributed by atoms with Gasteiger partial charge in [-0.25, -0.2) is 13.4 Å². The third-order valence-electron chi connectivity index (χ3n) is 5.22. The Morgan fingerprint density at radius 2 is 1.72 bits per heavy atom. The summed E-state index contributed by atoms with van der Waals surface area (Å²) in [6.45, 7) is 1.12. The van der Waals surface area contributed by atoms with E-state index in [2.05, 4.69) is 4.98 Å². The average molecular weight is 491 g/mol. The first-order chi connectivity index (χ1) is 15.4. The second-order valence-corrected chi connectivity index (χ2v) is 10.9. The number of ether oxygens (including phenoxy) is 1. The van der Waals surface area contributed by atoms with Crippen molar-refractivity contribution in [3.63, 3.8) is 0 Å². The Bertz CT molecular complexity index is 1170. The van der Waals surface area contributed by atoms with Crippen molar-refractivity contribution in [3.05, 3.63) is 63.9 Å². The SMILES string of the molecule is O=C(COc1ccc(Cl)cc1)Cc1nc(-c2ccc(S(=O)(=O)N3CCCCC3)cc2)cs1. The number of aromatic nitrogens is 1. The van der Waals surface area contributed by atoms with Crippen molar-refractivity contribution < 1.29 is 17.9 Å². The molecule has 1 aliphatic rings. The maximum atomic E-state index is 12.8. The lowest BCUT2D eigenvalue weighted by molar-refractivity contribution is -0.120. The second-order valence-electron chi connectivity index (χ2n) is 7.57. The normalized spacial score (nSPS) is 14.9. The molecule has 1 aliphatic heterocycles. The van der Waals surface area contributed by atoms with Crippen LogP contribution in [0.4, 0.5) is 0 Å². The number of Topliss-reactive ketones (excluding diaryl/α,β-unsaturated/α-hetero) is 1. The van der Waals surface area contributed by atoms with Gasteiger partial charge in [-0.1, -0.05) is 30.2 Å². The Balaban J connectivity index is 1.36. The number of sulfonamides is 1. The molecule has 0 saturated carbocycles. The van der Waals surface area contributed by atoms with Crippen molar-refractivity contribution in [2.24, 2.45) is 0 Å². The van der Waals surface area contributed by atoms with Crippen LogP contribution in [-0.2, 0) is 21.2 Å². The molecule has 0 radical (unpaired) electrons. The number of benzene rings is 2. The van der Waals surface area contributed by atoms with Crippen LogP contribution < -0.4 is 4.74 Å². The van der Waals surface area contributed by atoms with Gasteiger partial charge in [0, 0.05) is 29.1 Å². The number of ketones is 1. The maximum Gasteiger partial charge on any atom is 0.243 e. The van der Waals surface area contributed by atoms with Crippen molar-refractivity contribution in [3.8, 4) is 17.0 Å². The molecule has 3 aromatic rings. The molecule has 168 valence electrons. The predicted octanol–water partition coefficient (Wildman–Crippen LogP) is 4.83. The van der Waals surface area contributed by atoms with Gasteiger partial charge in [0.2, 0.25) is 10.0 Å². The monoisotopic (exact) mass is 490 g/mol. The van der Waals surface area contributed by atoms with Crippen LogP contribution in [0.3, 0.4) is 0 Å². The largest absolute Gasteiger partial charge is 0.486 e. The van der Waals surface area contributed by atoms with E-state index in [9.17, 15) is 13.2 Å². The van der Waals surface area contributed by atoms with Crippen LogP contribution in [0.5, 0.6) is 5.75 Å². The molecule has 9 heteroatoms. The van der Waals surface area contributed by atoms with E-state index in [1.54, 1.807) is 52.8 Å². The van der Waals surface area contributed by atoms with E-state index in [0.29, 0.717) is 33.8 Å². The van der Waals surface area contributed by atoms with Crippen LogP contribution in [0.15, 0.2) is 58.8 Å². The van der Waals surface area contributed by atoms with Crippen LogP contribution >= 0.6 is 22.9 Å². The number of piperidine rings is 1. The highest BCUT2D eigenvalue weighted by atomic mass is 35.5. The molecule has 2 aromatic carbocycles.